The molecule has 1 aromatic rings. The number of benzene rings is 1. The topological polar surface area (TPSA) is 24.5 Å². The van der Waals surface area contributed by atoms with E-state index in [4.69, 9.17) is 4.74 Å². The first-order valence-electron chi connectivity index (χ1n) is 7.06. The normalized spacial score (nSPS) is 13.6. The third kappa shape index (κ3) is 3.93. The summed E-state index contributed by atoms with van der Waals surface area (Å²) in [7, 11) is 5.62. The lowest BCUT2D eigenvalue weighted by Crippen LogP contribution is -2.56. The van der Waals surface area contributed by atoms with Crippen LogP contribution in [0, 0.1) is 5.82 Å². The van der Waals surface area contributed by atoms with Crippen LogP contribution in [0.4, 0.5) is 4.39 Å². The Morgan fingerprint density at radius 3 is 2.45 bits per heavy atom. The Morgan fingerprint density at radius 2 is 2.00 bits per heavy atom. The van der Waals surface area contributed by atoms with Crippen molar-refractivity contribution in [2.45, 2.75) is 38.8 Å². The molecule has 1 atom stereocenters. The van der Waals surface area contributed by atoms with Crippen LogP contribution in [0.25, 0.3) is 0 Å². The summed E-state index contributed by atoms with van der Waals surface area (Å²) in [6, 6.07) is 5.43. The second kappa shape index (κ2) is 7.04. The van der Waals surface area contributed by atoms with Gasteiger partial charge in [-0.15, -0.1) is 0 Å². The number of halogens is 1. The highest BCUT2D eigenvalue weighted by Crippen LogP contribution is 2.23. The minimum Gasteiger partial charge on any atom is -0.494 e. The fraction of sp³-hybridized carbons (Fsp3) is 0.625. The lowest BCUT2D eigenvalue weighted by molar-refractivity contribution is 0.138. The molecule has 0 amide bonds. The highest BCUT2D eigenvalue weighted by molar-refractivity contribution is 5.30. The third-order valence-corrected chi connectivity index (χ3v) is 4.11. The zero-order chi connectivity index (χ0) is 15.3. The van der Waals surface area contributed by atoms with Crippen LogP contribution in [0.1, 0.15) is 26.3 Å². The molecule has 114 valence electrons. The molecule has 1 N–H and O–H groups in total. The minimum absolute atomic E-state index is 0.0214. The molecule has 1 unspecified atom stereocenters. The molecular weight excluding hydrogens is 255 g/mol. The predicted octanol–water partition coefficient (Wildman–Crippen LogP) is 2.70. The number of likely N-dealkylation sites (N-methyl/N-ethyl adjacent to an activating group) is 2. The Kier molecular flexibility index (Phi) is 5.96. The van der Waals surface area contributed by atoms with Crippen molar-refractivity contribution < 1.29 is 9.13 Å². The van der Waals surface area contributed by atoms with Crippen LogP contribution in [0.15, 0.2) is 18.2 Å². The van der Waals surface area contributed by atoms with Crippen LogP contribution in [0.2, 0.25) is 0 Å². The summed E-state index contributed by atoms with van der Waals surface area (Å²) >= 11 is 0. The van der Waals surface area contributed by atoms with E-state index in [1.165, 1.54) is 7.11 Å². The van der Waals surface area contributed by atoms with Crippen molar-refractivity contribution in [3.63, 3.8) is 0 Å². The molecule has 0 aromatic heterocycles. The highest BCUT2D eigenvalue weighted by Gasteiger charge is 2.31. The number of ether oxygens (including phenoxy) is 1. The number of hydrogen-bond donors (Lipinski definition) is 1. The molecule has 0 aliphatic heterocycles. The van der Waals surface area contributed by atoms with E-state index in [2.05, 4.69) is 45.1 Å². The molecule has 0 aliphatic rings. The van der Waals surface area contributed by atoms with E-state index < -0.39 is 0 Å². The summed E-state index contributed by atoms with van der Waals surface area (Å²) in [4.78, 5) is 2.19. The van der Waals surface area contributed by atoms with Gasteiger partial charge in [-0.25, -0.2) is 4.39 Å². The molecule has 4 heteroatoms. The summed E-state index contributed by atoms with van der Waals surface area (Å²) in [6.45, 7) is 7.37. The van der Waals surface area contributed by atoms with Crippen molar-refractivity contribution in [2.24, 2.45) is 0 Å². The molecular formula is C16H27FN2O. The fourth-order valence-electron chi connectivity index (χ4n) is 2.20. The molecule has 3 nitrogen and oxygen atoms in total. The van der Waals surface area contributed by atoms with Gasteiger partial charge < -0.3 is 15.0 Å². The SMILES string of the molecule is CCNC(Cc1ccc(OC)c(F)c1)C(C)(C)N(C)C. The molecule has 0 heterocycles. The highest BCUT2D eigenvalue weighted by atomic mass is 19.1. The summed E-state index contributed by atoms with van der Waals surface area (Å²) in [6.07, 6.45) is 0.778. The lowest BCUT2D eigenvalue weighted by Gasteiger charge is -2.40. The molecule has 1 rings (SSSR count). The number of nitrogens with zero attached hydrogens (tertiary/aromatic N) is 1. The van der Waals surface area contributed by atoms with Gasteiger partial charge in [-0.1, -0.05) is 13.0 Å². The van der Waals surface area contributed by atoms with Crippen LogP contribution in [-0.2, 0) is 6.42 Å². The molecule has 0 fully saturated rings. The van der Waals surface area contributed by atoms with Gasteiger partial charge in [0, 0.05) is 11.6 Å². The maximum Gasteiger partial charge on any atom is 0.165 e. The number of nitrogens with one attached hydrogen (secondary N) is 1. The quantitative estimate of drug-likeness (QED) is 0.832. The van der Waals surface area contributed by atoms with Crippen LogP contribution < -0.4 is 10.1 Å². The second-order valence-electron chi connectivity index (χ2n) is 5.83. The largest absolute Gasteiger partial charge is 0.494 e. The average molecular weight is 282 g/mol. The van der Waals surface area contributed by atoms with Crippen molar-refractivity contribution in [3.05, 3.63) is 29.6 Å². The van der Waals surface area contributed by atoms with Gasteiger partial charge >= 0.3 is 0 Å². The Labute approximate surface area is 122 Å². The van der Waals surface area contributed by atoms with Crippen molar-refractivity contribution in [3.8, 4) is 5.75 Å². The number of hydrogen-bond acceptors (Lipinski definition) is 3. The zero-order valence-electron chi connectivity index (χ0n) is 13.5. The van der Waals surface area contributed by atoms with Crippen LogP contribution >= 0.6 is 0 Å². The maximum atomic E-state index is 13.8. The van der Waals surface area contributed by atoms with E-state index in [1.807, 2.05) is 6.07 Å². The van der Waals surface area contributed by atoms with Gasteiger partial charge in [-0.2, -0.15) is 0 Å². The lowest BCUT2D eigenvalue weighted by atomic mass is 9.88. The average Bonchev–Trinajstić information content (AvgIpc) is 2.38. The van der Waals surface area contributed by atoms with Gasteiger partial charge in [0.2, 0.25) is 0 Å². The van der Waals surface area contributed by atoms with Crippen molar-refractivity contribution in [1.82, 2.24) is 10.2 Å². The molecule has 20 heavy (non-hydrogen) atoms. The van der Waals surface area contributed by atoms with Crippen LogP contribution in [0.3, 0.4) is 0 Å². The Morgan fingerprint density at radius 1 is 1.35 bits per heavy atom. The van der Waals surface area contributed by atoms with Gasteiger partial charge in [0.25, 0.3) is 0 Å². The second-order valence-corrected chi connectivity index (χ2v) is 5.83. The molecule has 0 radical (unpaired) electrons. The molecule has 0 spiro atoms. The molecule has 0 aliphatic carbocycles. The van der Waals surface area contributed by atoms with Gasteiger partial charge in [0.05, 0.1) is 7.11 Å². The minimum atomic E-state index is -0.303. The number of methoxy groups -OCH3 is 1. The monoisotopic (exact) mass is 282 g/mol. The first kappa shape index (κ1) is 16.9. The Balaban J connectivity index is 2.93. The smallest absolute Gasteiger partial charge is 0.165 e. The van der Waals surface area contributed by atoms with Crippen LogP contribution in [-0.4, -0.2) is 44.2 Å². The zero-order valence-corrected chi connectivity index (χ0v) is 13.5. The van der Waals surface area contributed by atoms with Crippen molar-refractivity contribution in [2.75, 3.05) is 27.7 Å². The van der Waals surface area contributed by atoms with Gasteiger partial charge in [-0.05, 0) is 58.6 Å². The van der Waals surface area contributed by atoms with E-state index in [9.17, 15) is 4.39 Å². The first-order chi connectivity index (χ1) is 9.32. The molecule has 1 aromatic carbocycles. The summed E-state index contributed by atoms with van der Waals surface area (Å²) < 4.78 is 18.7. The summed E-state index contributed by atoms with van der Waals surface area (Å²) in [5.41, 5.74) is 0.955. The molecule has 0 saturated heterocycles. The predicted molar refractivity (Wildman–Crippen MR) is 81.9 cm³/mol. The van der Waals surface area contributed by atoms with Gasteiger partial charge in [0.15, 0.2) is 11.6 Å². The summed E-state index contributed by atoms with van der Waals surface area (Å²) in [5.74, 6) is -0.0106. The summed E-state index contributed by atoms with van der Waals surface area (Å²) in [5, 5.41) is 3.51. The van der Waals surface area contributed by atoms with Crippen molar-refractivity contribution >= 4 is 0 Å². The van der Waals surface area contributed by atoms with E-state index >= 15 is 0 Å². The Hall–Kier alpha value is -1.13. The molecule has 0 saturated carbocycles. The fourth-order valence-corrected chi connectivity index (χ4v) is 2.20. The first-order valence-corrected chi connectivity index (χ1v) is 7.06. The van der Waals surface area contributed by atoms with Crippen LogP contribution in [0.5, 0.6) is 5.75 Å². The Bertz CT molecular complexity index is 432. The molecule has 0 bridgehead atoms. The van der Waals surface area contributed by atoms with Gasteiger partial charge in [-0.3, -0.25) is 0 Å². The van der Waals surface area contributed by atoms with Crippen molar-refractivity contribution in [1.29, 1.82) is 0 Å². The maximum absolute atomic E-state index is 13.8. The van der Waals surface area contributed by atoms with Gasteiger partial charge in [0.1, 0.15) is 0 Å². The van der Waals surface area contributed by atoms with E-state index in [0.717, 1.165) is 18.5 Å². The standard InChI is InChI=1S/C16H27FN2O/c1-7-18-15(16(2,3)19(4)5)11-12-8-9-14(20-6)13(17)10-12/h8-10,15,18H,7,11H2,1-6H3. The van der Waals surface area contributed by atoms with E-state index in [1.54, 1.807) is 12.1 Å². The third-order valence-electron chi connectivity index (χ3n) is 4.11. The van der Waals surface area contributed by atoms with E-state index in [0.29, 0.717) is 5.75 Å². The number of rotatable bonds is 7. The van der Waals surface area contributed by atoms with E-state index in [-0.39, 0.29) is 17.4 Å².